The van der Waals surface area contributed by atoms with Crippen molar-refractivity contribution >= 4 is 17.0 Å². The van der Waals surface area contributed by atoms with Crippen molar-refractivity contribution in [2.24, 2.45) is 0 Å². The smallest absolute Gasteiger partial charge is 0.183 e. The number of nitrogens with zero attached hydrogens (tertiary/aromatic N) is 4. The largest absolute Gasteiger partial charge is 0.496 e. The molecule has 0 fully saturated rings. The van der Waals surface area contributed by atoms with Crippen molar-refractivity contribution in [1.82, 2.24) is 19.9 Å². The number of benzene rings is 2. The second-order valence-corrected chi connectivity index (χ2v) is 6.50. The Morgan fingerprint density at radius 3 is 2.61 bits per heavy atom. The molecule has 0 atom stereocenters. The minimum atomic E-state index is 0.0176. The molecule has 0 spiro atoms. The quantitative estimate of drug-likeness (QED) is 0.538. The Morgan fingerprint density at radius 2 is 1.86 bits per heavy atom. The predicted octanol–water partition coefficient (Wildman–Crippen LogP) is 3.16. The SMILES string of the molecule is COc1ccccc1CN(C)c1ncnc2nc(-c3ccc(CO)cc3)[nH]c12. The predicted molar refractivity (Wildman–Crippen MR) is 108 cm³/mol. The Balaban J connectivity index is 1.68. The Bertz CT molecular complexity index is 1090. The van der Waals surface area contributed by atoms with E-state index < -0.39 is 0 Å². The maximum atomic E-state index is 9.21. The summed E-state index contributed by atoms with van der Waals surface area (Å²) >= 11 is 0. The molecule has 0 radical (unpaired) electrons. The summed E-state index contributed by atoms with van der Waals surface area (Å²) in [5.74, 6) is 2.32. The molecule has 2 heterocycles. The molecule has 4 rings (SSSR count). The summed E-state index contributed by atoms with van der Waals surface area (Å²) in [5.41, 5.74) is 4.24. The van der Waals surface area contributed by atoms with Crippen molar-refractivity contribution in [3.63, 3.8) is 0 Å². The van der Waals surface area contributed by atoms with Gasteiger partial charge in [-0.2, -0.15) is 0 Å². The van der Waals surface area contributed by atoms with Gasteiger partial charge in [-0.3, -0.25) is 0 Å². The third-order valence-corrected chi connectivity index (χ3v) is 4.64. The average molecular weight is 375 g/mol. The van der Waals surface area contributed by atoms with Crippen molar-refractivity contribution in [3.05, 3.63) is 66.0 Å². The Morgan fingerprint density at radius 1 is 1.07 bits per heavy atom. The first-order chi connectivity index (χ1) is 13.7. The van der Waals surface area contributed by atoms with Gasteiger partial charge in [0.05, 0.1) is 13.7 Å². The Labute approximate surface area is 162 Å². The summed E-state index contributed by atoms with van der Waals surface area (Å²) in [6.45, 7) is 0.652. The summed E-state index contributed by atoms with van der Waals surface area (Å²) in [6, 6.07) is 15.5. The fourth-order valence-electron chi connectivity index (χ4n) is 3.17. The van der Waals surface area contributed by atoms with Gasteiger partial charge < -0.3 is 19.7 Å². The number of nitrogens with one attached hydrogen (secondary N) is 1. The van der Waals surface area contributed by atoms with Crippen molar-refractivity contribution in [3.8, 4) is 17.1 Å². The molecule has 0 amide bonds. The maximum absolute atomic E-state index is 9.21. The van der Waals surface area contributed by atoms with Crippen LogP contribution in [0.1, 0.15) is 11.1 Å². The first kappa shape index (κ1) is 17.9. The molecule has 4 aromatic rings. The van der Waals surface area contributed by atoms with Crippen LogP contribution < -0.4 is 9.64 Å². The first-order valence-corrected chi connectivity index (χ1v) is 8.93. The van der Waals surface area contributed by atoms with Crippen LogP contribution in [-0.2, 0) is 13.2 Å². The van der Waals surface area contributed by atoms with Gasteiger partial charge in [0, 0.05) is 24.7 Å². The number of imidazole rings is 1. The van der Waals surface area contributed by atoms with E-state index in [9.17, 15) is 5.11 Å². The lowest BCUT2D eigenvalue weighted by Crippen LogP contribution is -2.18. The summed E-state index contributed by atoms with van der Waals surface area (Å²) in [5, 5.41) is 9.21. The van der Waals surface area contributed by atoms with E-state index in [1.54, 1.807) is 7.11 Å². The number of ether oxygens (including phenoxy) is 1. The van der Waals surface area contributed by atoms with Crippen LogP contribution in [-0.4, -0.2) is 39.2 Å². The summed E-state index contributed by atoms with van der Waals surface area (Å²) < 4.78 is 5.45. The monoisotopic (exact) mass is 375 g/mol. The zero-order chi connectivity index (χ0) is 19.5. The number of aliphatic hydroxyl groups excluding tert-OH is 1. The first-order valence-electron chi connectivity index (χ1n) is 8.93. The molecule has 28 heavy (non-hydrogen) atoms. The lowest BCUT2D eigenvalue weighted by atomic mass is 10.1. The number of aromatic amines is 1. The van der Waals surface area contributed by atoms with E-state index in [-0.39, 0.29) is 6.61 Å². The van der Waals surface area contributed by atoms with Gasteiger partial charge >= 0.3 is 0 Å². The highest BCUT2D eigenvalue weighted by atomic mass is 16.5. The second kappa shape index (κ2) is 7.66. The number of H-pyrrole nitrogens is 1. The normalized spacial score (nSPS) is 11.0. The van der Waals surface area contributed by atoms with Crippen molar-refractivity contribution in [1.29, 1.82) is 0 Å². The lowest BCUT2D eigenvalue weighted by molar-refractivity contribution is 0.282. The Kier molecular flexibility index (Phi) is 4.90. The van der Waals surface area contributed by atoms with Crippen LogP contribution in [0.5, 0.6) is 5.75 Å². The van der Waals surface area contributed by atoms with E-state index >= 15 is 0 Å². The number of anilines is 1. The molecule has 142 valence electrons. The molecule has 0 bridgehead atoms. The third-order valence-electron chi connectivity index (χ3n) is 4.64. The van der Waals surface area contributed by atoms with Crippen LogP contribution in [0.25, 0.3) is 22.6 Å². The number of fused-ring (bicyclic) bond motifs is 1. The number of rotatable bonds is 6. The standard InChI is InChI=1S/C21H21N5O2/c1-26(11-16-5-3-4-6-17(16)28-2)21-18-20(22-13-23-21)25-19(24-18)15-9-7-14(12-27)8-10-15/h3-10,13,27H,11-12H2,1-2H3,(H,22,23,24,25). The third kappa shape index (κ3) is 3.39. The molecule has 2 aromatic heterocycles. The van der Waals surface area contributed by atoms with Gasteiger partial charge in [-0.25, -0.2) is 15.0 Å². The number of aromatic nitrogens is 4. The zero-order valence-corrected chi connectivity index (χ0v) is 15.8. The average Bonchev–Trinajstić information content (AvgIpc) is 3.18. The lowest BCUT2D eigenvalue weighted by Gasteiger charge is -2.19. The van der Waals surface area contributed by atoms with E-state index in [2.05, 4.69) is 19.9 Å². The van der Waals surface area contributed by atoms with Gasteiger partial charge in [0.25, 0.3) is 0 Å². The summed E-state index contributed by atoms with van der Waals surface area (Å²) in [6.07, 6.45) is 1.52. The summed E-state index contributed by atoms with van der Waals surface area (Å²) in [4.78, 5) is 18.7. The number of methoxy groups -OCH3 is 1. The van der Waals surface area contributed by atoms with E-state index in [1.165, 1.54) is 6.33 Å². The molecular formula is C21H21N5O2. The molecule has 0 aliphatic heterocycles. The molecular weight excluding hydrogens is 354 g/mol. The molecule has 0 saturated heterocycles. The van der Waals surface area contributed by atoms with Crippen LogP contribution in [0, 0.1) is 0 Å². The molecule has 7 heteroatoms. The molecule has 0 aliphatic carbocycles. The van der Waals surface area contributed by atoms with Gasteiger partial charge in [0.1, 0.15) is 23.4 Å². The van der Waals surface area contributed by atoms with E-state index in [4.69, 9.17) is 4.74 Å². The fraction of sp³-hybridized carbons (Fsp3) is 0.190. The van der Waals surface area contributed by atoms with Crippen LogP contribution in [0.2, 0.25) is 0 Å². The van der Waals surface area contributed by atoms with Gasteiger partial charge in [-0.05, 0) is 11.6 Å². The van der Waals surface area contributed by atoms with Crippen LogP contribution >= 0.6 is 0 Å². The Hall–Kier alpha value is -3.45. The number of hydrogen-bond acceptors (Lipinski definition) is 6. The van der Waals surface area contributed by atoms with Crippen molar-refractivity contribution < 1.29 is 9.84 Å². The molecule has 0 saturated carbocycles. The van der Waals surface area contributed by atoms with Gasteiger partial charge in [0.2, 0.25) is 0 Å². The molecule has 0 aliphatic rings. The molecule has 0 unspecified atom stereocenters. The number of hydrogen-bond donors (Lipinski definition) is 2. The van der Waals surface area contributed by atoms with Gasteiger partial charge in [-0.1, -0.05) is 42.5 Å². The zero-order valence-electron chi connectivity index (χ0n) is 15.8. The van der Waals surface area contributed by atoms with Crippen molar-refractivity contribution in [2.45, 2.75) is 13.2 Å². The second-order valence-electron chi connectivity index (χ2n) is 6.50. The molecule has 7 nitrogen and oxygen atoms in total. The highest BCUT2D eigenvalue weighted by Gasteiger charge is 2.15. The van der Waals surface area contributed by atoms with Crippen LogP contribution in [0.4, 0.5) is 5.82 Å². The molecule has 2 N–H and O–H groups in total. The number of para-hydroxylation sites is 1. The van der Waals surface area contributed by atoms with Gasteiger partial charge in [0.15, 0.2) is 11.5 Å². The van der Waals surface area contributed by atoms with E-state index in [0.717, 1.165) is 33.8 Å². The van der Waals surface area contributed by atoms with Gasteiger partial charge in [-0.15, -0.1) is 0 Å². The van der Waals surface area contributed by atoms with Crippen molar-refractivity contribution in [2.75, 3.05) is 19.1 Å². The highest BCUT2D eigenvalue weighted by Crippen LogP contribution is 2.27. The summed E-state index contributed by atoms with van der Waals surface area (Å²) in [7, 11) is 3.65. The number of aliphatic hydroxyl groups is 1. The highest BCUT2D eigenvalue weighted by molar-refractivity contribution is 5.85. The maximum Gasteiger partial charge on any atom is 0.183 e. The van der Waals surface area contributed by atoms with E-state index in [0.29, 0.717) is 18.0 Å². The van der Waals surface area contributed by atoms with Crippen LogP contribution in [0.15, 0.2) is 54.9 Å². The topological polar surface area (TPSA) is 87.2 Å². The minimum Gasteiger partial charge on any atom is -0.496 e. The van der Waals surface area contributed by atoms with Crippen LogP contribution in [0.3, 0.4) is 0 Å². The van der Waals surface area contributed by atoms with E-state index in [1.807, 2.05) is 60.5 Å². The fourth-order valence-corrected chi connectivity index (χ4v) is 3.17. The minimum absolute atomic E-state index is 0.0176. The molecule has 2 aromatic carbocycles.